The number of rotatable bonds is 4. The Bertz CT molecular complexity index is 1080. The Morgan fingerprint density at radius 2 is 1.84 bits per heavy atom. The third kappa shape index (κ3) is 5.68. The number of aromatic nitrogens is 4. The Balaban J connectivity index is 0.00000341. The maximum Gasteiger partial charge on any atom is 0.434 e. The molecule has 1 amide bonds. The van der Waals surface area contributed by atoms with Gasteiger partial charge in [0, 0.05) is 16.0 Å². The van der Waals surface area contributed by atoms with E-state index in [2.05, 4.69) is 20.4 Å². The number of thiazole rings is 1. The molecule has 0 fully saturated rings. The number of hydrogen-bond donors (Lipinski definition) is 1. The van der Waals surface area contributed by atoms with Crippen LogP contribution in [0.15, 0.2) is 29.9 Å². The molecule has 1 N–H and O–H groups in total. The molecule has 0 aliphatic heterocycles. The van der Waals surface area contributed by atoms with Crippen LogP contribution in [0.5, 0.6) is 0 Å². The van der Waals surface area contributed by atoms with Gasteiger partial charge in [0.1, 0.15) is 6.33 Å². The Morgan fingerprint density at radius 3 is 2.42 bits per heavy atom. The first-order valence-corrected chi connectivity index (χ1v) is 9.23. The van der Waals surface area contributed by atoms with Gasteiger partial charge in [-0.3, -0.25) is 4.79 Å². The van der Waals surface area contributed by atoms with Gasteiger partial charge in [-0.2, -0.15) is 49.6 Å². The van der Waals surface area contributed by atoms with Gasteiger partial charge >= 0.3 is 12.4 Å². The molecular weight excluding hydrogens is 492 g/mol. The van der Waals surface area contributed by atoms with Gasteiger partial charge in [-0.1, -0.05) is 11.6 Å². The first kappa shape index (κ1) is 24.9. The van der Waals surface area contributed by atoms with E-state index in [0.717, 1.165) is 22.5 Å². The second-order valence-corrected chi connectivity index (χ2v) is 7.24. The highest BCUT2D eigenvalue weighted by Crippen LogP contribution is 2.33. The molecule has 6 nitrogen and oxygen atoms in total. The van der Waals surface area contributed by atoms with Gasteiger partial charge in [-0.25, -0.2) is 9.97 Å². The van der Waals surface area contributed by atoms with E-state index >= 15 is 0 Å². The first-order chi connectivity index (χ1) is 13.9. The standard InChI is InChI=1S/C16H10ClF6N5OS.H2S/c1-7(26-13(29)8-2-9(15(18,19)20)4-10(17)3-8)12-24-6-25-28(12)14-27-11(5-30-14)16(21,22)23;/h2-7H,1H3,(H,26,29);1H2/t7-;/m0./s1. The summed E-state index contributed by atoms with van der Waals surface area (Å²) >= 11 is 6.34. The predicted molar refractivity (Wildman–Crippen MR) is 105 cm³/mol. The van der Waals surface area contributed by atoms with Crippen molar-refractivity contribution >= 4 is 42.3 Å². The molecule has 1 aromatic carbocycles. The van der Waals surface area contributed by atoms with Gasteiger partial charge in [0.2, 0.25) is 5.13 Å². The smallest absolute Gasteiger partial charge is 0.342 e. The van der Waals surface area contributed by atoms with Crippen LogP contribution in [0.4, 0.5) is 26.3 Å². The summed E-state index contributed by atoms with van der Waals surface area (Å²) in [5.74, 6) is -0.857. The Morgan fingerprint density at radius 1 is 1.16 bits per heavy atom. The summed E-state index contributed by atoms with van der Waals surface area (Å²) in [6, 6.07) is 1.44. The molecule has 0 saturated carbocycles. The lowest BCUT2D eigenvalue weighted by molar-refractivity contribution is -0.140. The van der Waals surface area contributed by atoms with E-state index in [0.29, 0.717) is 23.5 Å². The van der Waals surface area contributed by atoms with Gasteiger partial charge in [0.25, 0.3) is 5.91 Å². The maximum absolute atomic E-state index is 12.9. The van der Waals surface area contributed by atoms with Crippen LogP contribution in [-0.4, -0.2) is 25.7 Å². The second kappa shape index (κ2) is 9.04. The van der Waals surface area contributed by atoms with E-state index in [-0.39, 0.29) is 35.0 Å². The minimum Gasteiger partial charge on any atom is -0.342 e. The summed E-state index contributed by atoms with van der Waals surface area (Å²) in [6.07, 6.45) is -8.29. The number of nitrogens with zero attached hydrogens (tertiary/aromatic N) is 4. The van der Waals surface area contributed by atoms with E-state index < -0.39 is 35.6 Å². The molecule has 3 aromatic rings. The van der Waals surface area contributed by atoms with Crippen LogP contribution in [0.3, 0.4) is 0 Å². The normalized spacial score (nSPS) is 12.9. The molecule has 0 unspecified atom stereocenters. The Labute approximate surface area is 186 Å². The Kier molecular flexibility index (Phi) is 7.28. The summed E-state index contributed by atoms with van der Waals surface area (Å²) < 4.78 is 78.1. The van der Waals surface area contributed by atoms with Gasteiger partial charge in [-0.05, 0) is 25.1 Å². The van der Waals surface area contributed by atoms with Crippen LogP contribution in [-0.2, 0) is 12.4 Å². The average Bonchev–Trinajstić information content (AvgIpc) is 3.29. The van der Waals surface area contributed by atoms with Crippen LogP contribution in [0.25, 0.3) is 5.13 Å². The van der Waals surface area contributed by atoms with Crippen molar-refractivity contribution in [2.45, 2.75) is 25.3 Å². The van der Waals surface area contributed by atoms with Crippen molar-refractivity contribution in [2.75, 3.05) is 0 Å². The number of carbonyl (C=O) groups excluding carboxylic acids is 1. The third-order valence-corrected chi connectivity index (χ3v) is 4.79. The number of hydrogen-bond acceptors (Lipinski definition) is 5. The molecule has 1 atom stereocenters. The molecule has 0 aliphatic rings. The monoisotopic (exact) mass is 503 g/mol. The number of alkyl halides is 6. The van der Waals surface area contributed by atoms with Gasteiger partial charge in [0.15, 0.2) is 11.5 Å². The first-order valence-electron chi connectivity index (χ1n) is 7.98. The molecule has 3 rings (SSSR count). The van der Waals surface area contributed by atoms with Crippen LogP contribution in [0, 0.1) is 0 Å². The van der Waals surface area contributed by atoms with Gasteiger partial charge in [0.05, 0.1) is 11.6 Å². The minimum atomic E-state index is -4.70. The molecule has 0 radical (unpaired) electrons. The van der Waals surface area contributed by atoms with Crippen molar-refractivity contribution < 1.29 is 31.1 Å². The van der Waals surface area contributed by atoms with E-state index in [1.54, 1.807) is 0 Å². The fourth-order valence-electron chi connectivity index (χ4n) is 2.41. The quantitative estimate of drug-likeness (QED) is 0.508. The molecule has 2 heterocycles. The summed E-state index contributed by atoms with van der Waals surface area (Å²) in [7, 11) is 0. The fourth-order valence-corrected chi connectivity index (χ4v) is 3.44. The zero-order valence-corrected chi connectivity index (χ0v) is 17.8. The number of benzene rings is 1. The highest BCUT2D eigenvalue weighted by molar-refractivity contribution is 7.59. The fraction of sp³-hybridized carbons (Fsp3) is 0.250. The average molecular weight is 504 g/mol. The second-order valence-electron chi connectivity index (χ2n) is 5.96. The number of nitrogens with one attached hydrogen (secondary N) is 1. The zero-order valence-electron chi connectivity index (χ0n) is 15.2. The van der Waals surface area contributed by atoms with Crippen molar-refractivity contribution in [3.63, 3.8) is 0 Å². The molecule has 168 valence electrons. The summed E-state index contributed by atoms with van der Waals surface area (Å²) in [5, 5.41) is 6.60. The largest absolute Gasteiger partial charge is 0.434 e. The summed E-state index contributed by atoms with van der Waals surface area (Å²) in [4.78, 5) is 19.8. The summed E-state index contributed by atoms with van der Waals surface area (Å²) in [6.45, 7) is 1.44. The van der Waals surface area contributed by atoms with Crippen LogP contribution >= 0.6 is 36.4 Å². The highest BCUT2D eigenvalue weighted by atomic mass is 35.5. The third-order valence-electron chi connectivity index (χ3n) is 3.76. The van der Waals surface area contributed by atoms with Crippen LogP contribution < -0.4 is 5.32 Å². The van der Waals surface area contributed by atoms with E-state index in [9.17, 15) is 31.1 Å². The molecule has 0 saturated heterocycles. The topological polar surface area (TPSA) is 72.7 Å². The minimum absolute atomic E-state index is 0. The summed E-state index contributed by atoms with van der Waals surface area (Å²) in [5.41, 5.74) is -2.56. The van der Waals surface area contributed by atoms with E-state index in [4.69, 9.17) is 11.6 Å². The van der Waals surface area contributed by atoms with Crippen molar-refractivity contribution in [3.8, 4) is 5.13 Å². The van der Waals surface area contributed by atoms with Crippen LogP contribution in [0.2, 0.25) is 5.02 Å². The molecule has 0 aliphatic carbocycles. The zero-order chi connectivity index (χ0) is 22.3. The van der Waals surface area contributed by atoms with Crippen LogP contribution in [0.1, 0.15) is 40.4 Å². The van der Waals surface area contributed by atoms with Gasteiger partial charge < -0.3 is 5.32 Å². The van der Waals surface area contributed by atoms with Crippen molar-refractivity contribution in [3.05, 3.63) is 57.6 Å². The molecule has 2 aromatic heterocycles. The molecule has 31 heavy (non-hydrogen) atoms. The predicted octanol–water partition coefficient (Wildman–Crippen LogP) is 5.02. The van der Waals surface area contributed by atoms with E-state index in [1.165, 1.54) is 6.92 Å². The lowest BCUT2D eigenvalue weighted by Gasteiger charge is -2.15. The molecule has 0 bridgehead atoms. The Hall–Kier alpha value is -2.32. The molecule has 15 heteroatoms. The lowest BCUT2D eigenvalue weighted by atomic mass is 10.1. The van der Waals surface area contributed by atoms with Crippen molar-refractivity contribution in [1.82, 2.24) is 25.1 Å². The maximum atomic E-state index is 12.9. The highest BCUT2D eigenvalue weighted by Gasteiger charge is 2.35. The van der Waals surface area contributed by atoms with E-state index in [1.807, 2.05) is 0 Å². The number of halogens is 7. The number of carbonyl (C=O) groups is 1. The molecular formula is C16H12ClF6N5OS2. The van der Waals surface area contributed by atoms with Crippen molar-refractivity contribution in [1.29, 1.82) is 0 Å². The van der Waals surface area contributed by atoms with Gasteiger partial charge in [-0.15, -0.1) is 11.3 Å². The number of amides is 1. The molecule has 0 spiro atoms. The van der Waals surface area contributed by atoms with Crippen molar-refractivity contribution in [2.24, 2.45) is 0 Å². The SMILES string of the molecule is C[C@H](NC(=O)c1cc(Cl)cc(C(F)(F)F)c1)c1ncnn1-c1nc(C(F)(F)F)cs1.S. The lowest BCUT2D eigenvalue weighted by Crippen LogP contribution is -2.29.